The van der Waals surface area contributed by atoms with Crippen molar-refractivity contribution in [2.45, 2.75) is 43.9 Å². The molecule has 4 N–H and O–H groups in total. The standard InChI is InChI=1S/C19H21F3N6/c20-19(21,22)12-2-1-3-15(10-12)25-16-11-17(27-28-9-8-24-18(16)28)26-14-6-4-13(23)5-7-14/h1-3,8-11,13-14,25H,4-7,23H2,(H,26,27)/t13-,14-. The van der Waals surface area contributed by atoms with Gasteiger partial charge < -0.3 is 16.4 Å². The van der Waals surface area contributed by atoms with Crippen molar-refractivity contribution in [3.8, 4) is 0 Å². The van der Waals surface area contributed by atoms with Crippen LogP contribution < -0.4 is 16.4 Å². The van der Waals surface area contributed by atoms with E-state index in [2.05, 4.69) is 20.7 Å². The molecule has 0 saturated heterocycles. The molecule has 1 aliphatic rings. The first-order chi connectivity index (χ1) is 13.4. The molecule has 9 heteroatoms. The molecule has 1 saturated carbocycles. The van der Waals surface area contributed by atoms with Crippen molar-refractivity contribution < 1.29 is 13.2 Å². The van der Waals surface area contributed by atoms with Crippen LogP contribution in [0.5, 0.6) is 0 Å². The van der Waals surface area contributed by atoms with Gasteiger partial charge in [0.05, 0.1) is 11.3 Å². The lowest BCUT2D eigenvalue weighted by Gasteiger charge is -2.27. The van der Waals surface area contributed by atoms with E-state index in [9.17, 15) is 13.2 Å². The molecular formula is C19H21F3N6. The summed E-state index contributed by atoms with van der Waals surface area (Å²) in [6.45, 7) is 0. The molecule has 148 valence electrons. The molecule has 2 aromatic heterocycles. The normalized spacial score (nSPS) is 20.3. The van der Waals surface area contributed by atoms with Crippen molar-refractivity contribution >= 4 is 22.8 Å². The molecule has 28 heavy (non-hydrogen) atoms. The van der Waals surface area contributed by atoms with Crippen LogP contribution in [0.2, 0.25) is 0 Å². The van der Waals surface area contributed by atoms with Gasteiger partial charge in [-0.1, -0.05) is 6.07 Å². The van der Waals surface area contributed by atoms with Crippen LogP contribution in [-0.2, 0) is 6.18 Å². The zero-order chi connectivity index (χ0) is 19.7. The number of fused-ring (bicyclic) bond motifs is 1. The third kappa shape index (κ3) is 4.04. The Bertz CT molecular complexity index is 960. The van der Waals surface area contributed by atoms with Crippen LogP contribution in [0.4, 0.5) is 30.4 Å². The van der Waals surface area contributed by atoms with E-state index in [4.69, 9.17) is 5.73 Å². The summed E-state index contributed by atoms with van der Waals surface area (Å²) in [5.74, 6) is 0.639. The molecular weight excluding hydrogens is 369 g/mol. The van der Waals surface area contributed by atoms with Crippen molar-refractivity contribution in [3.05, 3.63) is 48.3 Å². The molecule has 1 aliphatic carbocycles. The third-order valence-electron chi connectivity index (χ3n) is 4.95. The van der Waals surface area contributed by atoms with Crippen molar-refractivity contribution in [1.29, 1.82) is 0 Å². The van der Waals surface area contributed by atoms with Crippen LogP contribution in [0.1, 0.15) is 31.2 Å². The summed E-state index contributed by atoms with van der Waals surface area (Å²) in [5, 5.41) is 11.0. The van der Waals surface area contributed by atoms with E-state index in [0.29, 0.717) is 22.8 Å². The number of benzene rings is 1. The van der Waals surface area contributed by atoms with Crippen LogP contribution in [0.15, 0.2) is 42.7 Å². The first-order valence-electron chi connectivity index (χ1n) is 9.19. The number of hydrogen-bond donors (Lipinski definition) is 3. The van der Waals surface area contributed by atoms with Gasteiger partial charge in [-0.3, -0.25) is 0 Å². The minimum atomic E-state index is -4.40. The Hall–Kier alpha value is -2.81. The van der Waals surface area contributed by atoms with E-state index in [-0.39, 0.29) is 12.1 Å². The summed E-state index contributed by atoms with van der Waals surface area (Å²) in [5.41, 5.74) is 6.70. The van der Waals surface area contributed by atoms with Gasteiger partial charge in [0.15, 0.2) is 5.65 Å². The topological polar surface area (TPSA) is 80.3 Å². The lowest BCUT2D eigenvalue weighted by molar-refractivity contribution is -0.137. The summed E-state index contributed by atoms with van der Waals surface area (Å²) in [6, 6.07) is 7.38. The molecule has 4 rings (SSSR count). The highest BCUT2D eigenvalue weighted by Crippen LogP contribution is 2.32. The first kappa shape index (κ1) is 18.5. The quantitative estimate of drug-likeness (QED) is 0.623. The molecule has 2 heterocycles. The summed E-state index contributed by atoms with van der Waals surface area (Å²) < 4.78 is 40.6. The highest BCUT2D eigenvalue weighted by atomic mass is 19.4. The second-order valence-corrected chi connectivity index (χ2v) is 7.10. The number of imidazole rings is 1. The Labute approximate surface area is 159 Å². The Morgan fingerprint density at radius 2 is 1.89 bits per heavy atom. The van der Waals surface area contributed by atoms with Crippen molar-refractivity contribution in [2.75, 3.05) is 10.6 Å². The van der Waals surface area contributed by atoms with Gasteiger partial charge in [0.25, 0.3) is 0 Å². The fraction of sp³-hybridized carbons (Fsp3) is 0.368. The van der Waals surface area contributed by atoms with Crippen molar-refractivity contribution in [3.63, 3.8) is 0 Å². The average Bonchev–Trinajstić information content (AvgIpc) is 3.12. The van der Waals surface area contributed by atoms with Crippen LogP contribution in [0.25, 0.3) is 5.65 Å². The van der Waals surface area contributed by atoms with Crippen molar-refractivity contribution in [1.82, 2.24) is 14.6 Å². The molecule has 1 aromatic carbocycles. The Kier molecular flexibility index (Phi) is 4.84. The second-order valence-electron chi connectivity index (χ2n) is 7.10. The van der Waals surface area contributed by atoms with Gasteiger partial charge in [-0.05, 0) is 43.9 Å². The number of rotatable bonds is 4. The zero-order valence-electron chi connectivity index (χ0n) is 15.1. The van der Waals surface area contributed by atoms with Crippen LogP contribution in [0.3, 0.4) is 0 Å². The molecule has 0 amide bonds. The number of alkyl halides is 3. The number of aromatic nitrogens is 3. The highest BCUT2D eigenvalue weighted by molar-refractivity contribution is 5.76. The fourth-order valence-corrected chi connectivity index (χ4v) is 3.48. The van der Waals surface area contributed by atoms with E-state index in [1.807, 2.05) is 0 Å². The number of nitrogens with two attached hydrogens (primary N) is 1. The number of nitrogens with zero attached hydrogens (tertiary/aromatic N) is 3. The van der Waals surface area contributed by atoms with Crippen molar-refractivity contribution in [2.24, 2.45) is 5.73 Å². The number of hydrogen-bond acceptors (Lipinski definition) is 5. The Balaban J connectivity index is 1.61. The van der Waals surface area contributed by atoms with Gasteiger partial charge in [-0.2, -0.15) is 13.2 Å². The highest BCUT2D eigenvalue weighted by Gasteiger charge is 2.30. The molecule has 6 nitrogen and oxygen atoms in total. The van der Waals surface area contributed by atoms with Gasteiger partial charge in [-0.25, -0.2) is 9.50 Å². The third-order valence-corrected chi connectivity index (χ3v) is 4.95. The number of nitrogens with one attached hydrogen (secondary N) is 2. The summed E-state index contributed by atoms with van der Waals surface area (Å²) in [7, 11) is 0. The molecule has 3 aromatic rings. The Morgan fingerprint density at radius 3 is 2.64 bits per heavy atom. The monoisotopic (exact) mass is 390 g/mol. The van der Waals surface area contributed by atoms with Crippen LogP contribution in [-0.4, -0.2) is 26.7 Å². The van der Waals surface area contributed by atoms with E-state index in [1.54, 1.807) is 29.0 Å². The molecule has 1 fully saturated rings. The number of halogens is 3. The smallest absolute Gasteiger partial charge is 0.366 e. The summed E-state index contributed by atoms with van der Waals surface area (Å²) >= 11 is 0. The minimum Gasteiger partial charge on any atom is -0.366 e. The van der Waals surface area contributed by atoms with E-state index in [1.165, 1.54) is 6.07 Å². The average molecular weight is 390 g/mol. The molecule has 0 bridgehead atoms. The lowest BCUT2D eigenvalue weighted by Crippen LogP contribution is -2.33. The molecule has 0 aliphatic heterocycles. The van der Waals surface area contributed by atoms with Crippen LogP contribution >= 0.6 is 0 Å². The molecule has 0 radical (unpaired) electrons. The predicted molar refractivity (Wildman–Crippen MR) is 102 cm³/mol. The summed E-state index contributed by atoms with van der Waals surface area (Å²) in [4.78, 5) is 4.26. The van der Waals surface area contributed by atoms with Gasteiger partial charge in [-0.15, -0.1) is 5.10 Å². The van der Waals surface area contributed by atoms with Crippen LogP contribution in [0, 0.1) is 0 Å². The molecule has 0 atom stereocenters. The van der Waals surface area contributed by atoms with Gasteiger partial charge in [0, 0.05) is 36.2 Å². The van der Waals surface area contributed by atoms with E-state index < -0.39 is 11.7 Å². The molecule has 0 unspecified atom stereocenters. The predicted octanol–water partition coefficient (Wildman–Crippen LogP) is 4.17. The van der Waals surface area contributed by atoms with E-state index in [0.717, 1.165) is 37.8 Å². The Morgan fingerprint density at radius 1 is 1.11 bits per heavy atom. The summed E-state index contributed by atoms with van der Waals surface area (Å²) in [6.07, 6.45) is 2.74. The maximum absolute atomic E-state index is 13.0. The second kappa shape index (κ2) is 7.31. The van der Waals surface area contributed by atoms with E-state index >= 15 is 0 Å². The maximum atomic E-state index is 13.0. The van der Waals surface area contributed by atoms with Gasteiger partial charge >= 0.3 is 6.18 Å². The fourth-order valence-electron chi connectivity index (χ4n) is 3.48. The zero-order valence-corrected chi connectivity index (χ0v) is 15.1. The largest absolute Gasteiger partial charge is 0.416 e. The van der Waals surface area contributed by atoms with Gasteiger partial charge in [0.2, 0.25) is 0 Å². The minimum absolute atomic E-state index is 0.250. The SMILES string of the molecule is N[C@H]1CC[C@H](Nc2cc(Nc3cccc(C(F)(F)F)c3)c3nccn3n2)CC1. The first-order valence-corrected chi connectivity index (χ1v) is 9.19. The molecule has 0 spiro atoms. The lowest BCUT2D eigenvalue weighted by atomic mass is 9.92. The maximum Gasteiger partial charge on any atom is 0.416 e. The number of anilines is 3. The van der Waals surface area contributed by atoms with Gasteiger partial charge in [0.1, 0.15) is 5.82 Å².